The smallest absolute Gasteiger partial charge is 0.280 e. The van der Waals surface area contributed by atoms with E-state index in [0.717, 1.165) is 41.0 Å². The van der Waals surface area contributed by atoms with Crippen LogP contribution in [0.4, 0.5) is 8.78 Å². The Bertz CT molecular complexity index is 1450. The minimum atomic E-state index is -2.62. The molecule has 1 saturated heterocycles. The van der Waals surface area contributed by atoms with Crippen molar-refractivity contribution in [2.75, 3.05) is 13.1 Å². The highest BCUT2D eigenvalue weighted by Crippen LogP contribution is 2.37. The van der Waals surface area contributed by atoms with E-state index in [9.17, 15) is 8.78 Å². The van der Waals surface area contributed by atoms with Gasteiger partial charge in [0.05, 0.1) is 12.1 Å². The molecule has 32 heavy (non-hydrogen) atoms. The van der Waals surface area contributed by atoms with Crippen molar-refractivity contribution in [2.45, 2.75) is 39.2 Å². The highest BCUT2D eigenvalue weighted by Gasteiger charge is 2.20. The van der Waals surface area contributed by atoms with Gasteiger partial charge in [0.2, 0.25) is 5.82 Å². The van der Waals surface area contributed by atoms with E-state index < -0.39 is 6.43 Å². The molecule has 5 aromatic heterocycles. The lowest BCUT2D eigenvalue weighted by atomic mass is 10.1. The molecule has 1 aliphatic rings. The molecule has 1 fully saturated rings. The van der Waals surface area contributed by atoms with E-state index in [0.29, 0.717) is 27.6 Å². The van der Waals surface area contributed by atoms with Crippen LogP contribution < -0.4 is 0 Å². The Hall–Kier alpha value is -2.98. The highest BCUT2D eigenvalue weighted by molar-refractivity contribution is 7.26. The molecule has 6 heterocycles. The van der Waals surface area contributed by atoms with Gasteiger partial charge in [-0.1, -0.05) is 6.42 Å². The Morgan fingerprint density at radius 3 is 2.81 bits per heavy atom. The van der Waals surface area contributed by atoms with Crippen LogP contribution >= 0.6 is 11.3 Å². The first-order valence-electron chi connectivity index (χ1n) is 10.6. The molecule has 10 heteroatoms. The van der Waals surface area contributed by atoms with E-state index in [1.807, 2.05) is 12.1 Å². The van der Waals surface area contributed by atoms with Crippen LogP contribution in [0.1, 0.15) is 42.7 Å². The Kier molecular flexibility index (Phi) is 4.65. The second-order valence-corrected chi connectivity index (χ2v) is 9.17. The maximum Gasteiger partial charge on any atom is 0.280 e. The molecule has 7 nitrogen and oxygen atoms in total. The summed E-state index contributed by atoms with van der Waals surface area (Å²) >= 11 is 1.31. The van der Waals surface area contributed by atoms with Gasteiger partial charge >= 0.3 is 0 Å². The molecule has 0 radical (unpaired) electrons. The summed E-state index contributed by atoms with van der Waals surface area (Å²) in [5, 5.41) is 5.31. The SMILES string of the molecule is Cc1cc(C(F)F)nc2sc3c(ncn4nc(-c5ccc(CN6CCCCC6)o5)nc34)c12. The first-order valence-corrected chi connectivity index (χ1v) is 11.4. The second kappa shape index (κ2) is 7.56. The molecule has 0 unspecified atom stereocenters. The predicted molar refractivity (Wildman–Crippen MR) is 118 cm³/mol. The van der Waals surface area contributed by atoms with Crippen LogP contribution in [0.3, 0.4) is 0 Å². The average Bonchev–Trinajstić information content (AvgIpc) is 3.50. The lowest BCUT2D eigenvalue weighted by molar-refractivity contribution is 0.146. The summed E-state index contributed by atoms with van der Waals surface area (Å²) in [5.41, 5.74) is 1.81. The predicted octanol–water partition coefficient (Wildman–Crippen LogP) is 5.38. The van der Waals surface area contributed by atoms with E-state index in [2.05, 4.69) is 20.0 Å². The fraction of sp³-hybridized carbons (Fsp3) is 0.364. The van der Waals surface area contributed by atoms with Gasteiger partial charge < -0.3 is 4.42 Å². The highest BCUT2D eigenvalue weighted by atomic mass is 32.1. The van der Waals surface area contributed by atoms with Crippen molar-refractivity contribution in [1.29, 1.82) is 0 Å². The summed E-state index contributed by atoms with van der Waals surface area (Å²) in [6.07, 6.45) is 2.73. The van der Waals surface area contributed by atoms with E-state index in [-0.39, 0.29) is 5.69 Å². The second-order valence-electron chi connectivity index (χ2n) is 8.18. The Balaban J connectivity index is 1.41. The largest absolute Gasteiger partial charge is 0.456 e. The van der Waals surface area contributed by atoms with Gasteiger partial charge in [0, 0.05) is 5.39 Å². The van der Waals surface area contributed by atoms with Gasteiger partial charge in [-0.2, -0.15) is 0 Å². The van der Waals surface area contributed by atoms with Gasteiger partial charge in [0.1, 0.15) is 27.3 Å². The van der Waals surface area contributed by atoms with Crippen molar-refractivity contribution < 1.29 is 13.2 Å². The molecule has 0 spiro atoms. The standard InChI is InChI=1S/C22H20F2N6OS/c1-12-9-14(19(23)24)26-22-16(12)17-18(32-22)21-27-20(28-30(21)11-25-17)15-6-5-13(31-15)10-29-7-3-2-4-8-29/h5-6,9,11,19H,2-4,7-8,10H2,1H3. The first kappa shape index (κ1) is 19.7. The molecular formula is C22H20F2N6OS. The van der Waals surface area contributed by atoms with Gasteiger partial charge in [0.15, 0.2) is 11.4 Å². The molecule has 0 amide bonds. The summed E-state index contributed by atoms with van der Waals surface area (Å²) < 4.78 is 34.8. The molecule has 6 rings (SSSR count). The molecule has 5 aromatic rings. The lowest BCUT2D eigenvalue weighted by Crippen LogP contribution is -2.28. The zero-order chi connectivity index (χ0) is 21.8. The van der Waals surface area contributed by atoms with Gasteiger partial charge in [-0.15, -0.1) is 16.4 Å². The number of thiophene rings is 1. The van der Waals surface area contributed by atoms with E-state index in [1.165, 1.54) is 36.7 Å². The van der Waals surface area contributed by atoms with Crippen molar-refractivity contribution in [3.8, 4) is 11.6 Å². The summed E-state index contributed by atoms with van der Waals surface area (Å²) in [7, 11) is 0. The van der Waals surface area contributed by atoms with Crippen LogP contribution in [0, 0.1) is 6.92 Å². The number of piperidine rings is 1. The van der Waals surface area contributed by atoms with E-state index in [4.69, 9.17) is 9.40 Å². The third-order valence-electron chi connectivity index (χ3n) is 5.92. The molecule has 0 aliphatic carbocycles. The van der Waals surface area contributed by atoms with Crippen LogP contribution in [-0.4, -0.2) is 42.6 Å². The summed E-state index contributed by atoms with van der Waals surface area (Å²) in [5.74, 6) is 1.97. The zero-order valence-corrected chi connectivity index (χ0v) is 18.2. The van der Waals surface area contributed by atoms with Crippen LogP contribution in [-0.2, 0) is 6.54 Å². The number of fused-ring (bicyclic) bond motifs is 5. The number of furan rings is 1. The number of halogens is 2. The minimum Gasteiger partial charge on any atom is -0.456 e. The van der Waals surface area contributed by atoms with Crippen LogP contribution in [0.15, 0.2) is 28.9 Å². The summed E-state index contributed by atoms with van der Waals surface area (Å²) in [4.78, 5) is 16.3. The number of hydrogen-bond acceptors (Lipinski definition) is 7. The molecule has 1 aliphatic heterocycles. The number of likely N-dealkylation sites (tertiary alicyclic amines) is 1. The van der Waals surface area contributed by atoms with Crippen molar-refractivity contribution in [1.82, 2.24) is 29.5 Å². The van der Waals surface area contributed by atoms with Gasteiger partial charge in [-0.05, 0) is 56.6 Å². The molecule has 164 valence electrons. The van der Waals surface area contributed by atoms with Crippen molar-refractivity contribution in [3.05, 3.63) is 41.5 Å². The Morgan fingerprint density at radius 2 is 2.00 bits per heavy atom. The maximum absolute atomic E-state index is 13.2. The maximum atomic E-state index is 13.2. The molecule has 0 aromatic carbocycles. The van der Waals surface area contributed by atoms with Gasteiger partial charge in [-0.25, -0.2) is 28.2 Å². The minimum absolute atomic E-state index is 0.225. The number of aryl methyl sites for hydroxylation is 1. The fourth-order valence-electron chi connectivity index (χ4n) is 4.37. The molecule has 0 saturated carbocycles. The number of rotatable bonds is 4. The fourth-order valence-corrected chi connectivity index (χ4v) is 5.56. The number of nitrogens with zero attached hydrogens (tertiary/aromatic N) is 6. The van der Waals surface area contributed by atoms with E-state index >= 15 is 0 Å². The number of pyridine rings is 1. The molecular weight excluding hydrogens is 434 g/mol. The molecule has 0 bridgehead atoms. The molecule has 0 N–H and O–H groups in total. The van der Waals surface area contributed by atoms with Crippen LogP contribution in [0.25, 0.3) is 37.7 Å². The van der Waals surface area contributed by atoms with Crippen molar-refractivity contribution in [3.63, 3.8) is 0 Å². The lowest BCUT2D eigenvalue weighted by Gasteiger charge is -2.25. The van der Waals surface area contributed by atoms with Crippen molar-refractivity contribution in [2.24, 2.45) is 0 Å². The number of aromatic nitrogens is 5. The summed E-state index contributed by atoms with van der Waals surface area (Å²) in [6, 6.07) is 5.29. The number of alkyl halides is 2. The Labute approximate surface area is 185 Å². The zero-order valence-electron chi connectivity index (χ0n) is 17.4. The van der Waals surface area contributed by atoms with E-state index in [1.54, 1.807) is 17.8 Å². The van der Waals surface area contributed by atoms with Gasteiger partial charge in [0.25, 0.3) is 6.43 Å². The van der Waals surface area contributed by atoms with Crippen molar-refractivity contribution >= 4 is 37.4 Å². The van der Waals surface area contributed by atoms with Crippen LogP contribution in [0.5, 0.6) is 0 Å². The monoisotopic (exact) mass is 454 g/mol. The third kappa shape index (κ3) is 3.25. The van der Waals surface area contributed by atoms with Gasteiger partial charge in [-0.3, -0.25) is 4.90 Å². The topological polar surface area (TPSA) is 72.3 Å². The van der Waals surface area contributed by atoms with Crippen LogP contribution in [0.2, 0.25) is 0 Å². The average molecular weight is 455 g/mol. The molecule has 0 atom stereocenters. The third-order valence-corrected chi connectivity index (χ3v) is 6.99. The quantitative estimate of drug-likeness (QED) is 0.363. The summed E-state index contributed by atoms with van der Waals surface area (Å²) in [6.45, 7) is 4.78. The Morgan fingerprint density at radius 1 is 1.16 bits per heavy atom. The normalized spacial score (nSPS) is 15.6. The number of hydrogen-bond donors (Lipinski definition) is 0. The first-order chi connectivity index (χ1) is 15.6.